The summed E-state index contributed by atoms with van der Waals surface area (Å²) in [6, 6.07) is 0. The Hall–Kier alpha value is -3.57. The first-order valence-electron chi connectivity index (χ1n) is 40.4. The van der Waals surface area contributed by atoms with Gasteiger partial charge in [-0.2, -0.15) is 0 Å². The molecule has 21 heteroatoms. The monoisotopic (exact) mass is 1400 g/mol. The van der Waals surface area contributed by atoms with Crippen LogP contribution in [0, 0.1) is 99.6 Å². The summed E-state index contributed by atoms with van der Waals surface area (Å²) in [5, 5.41) is 9.88. The topological polar surface area (TPSA) is 241 Å². The highest BCUT2D eigenvalue weighted by Crippen LogP contribution is 2.64. The van der Waals surface area contributed by atoms with Gasteiger partial charge in [0.1, 0.15) is 51.3 Å². The van der Waals surface area contributed by atoms with Gasteiger partial charge in [0.25, 0.3) is 0 Å². The molecule has 4 atom stereocenters. The molecule has 0 aliphatic heterocycles. The first-order chi connectivity index (χ1) is 48.5. The zero-order chi connectivity index (χ0) is 68.3. The van der Waals surface area contributed by atoms with Crippen LogP contribution >= 0.6 is 0 Å². The minimum atomic E-state index is -0.626. The molecule has 3 N–H and O–H groups in total. The van der Waals surface area contributed by atoms with E-state index >= 15 is 0 Å². The van der Waals surface area contributed by atoms with Crippen LogP contribution in [0.1, 0.15) is 212 Å². The lowest BCUT2D eigenvalue weighted by atomic mass is 9.49. The van der Waals surface area contributed by atoms with E-state index in [0.29, 0.717) is 66.1 Å². The van der Waals surface area contributed by atoms with Crippen LogP contribution in [0.25, 0.3) is 0 Å². The number of esters is 2. The Kier molecular flexibility index (Phi) is 22.9. The minimum absolute atomic E-state index is 0.0282. The predicted octanol–water partition coefficient (Wildman–Crippen LogP) is 12.0. The molecule has 21 nitrogen and oxygen atoms in total. The molecule has 20 aliphatic carbocycles. The van der Waals surface area contributed by atoms with Gasteiger partial charge in [-0.05, 0) is 299 Å². The Labute approximate surface area is 594 Å². The molecule has 0 heterocycles. The van der Waals surface area contributed by atoms with E-state index in [9.17, 15) is 24.0 Å². The fourth-order valence-corrected chi connectivity index (χ4v) is 26.7. The molecule has 20 saturated carbocycles. The van der Waals surface area contributed by atoms with Crippen molar-refractivity contribution in [3.05, 3.63) is 0 Å². The van der Waals surface area contributed by atoms with E-state index in [0.717, 1.165) is 132 Å². The van der Waals surface area contributed by atoms with Crippen molar-refractivity contribution in [2.24, 2.45) is 99.6 Å². The first-order valence-corrected chi connectivity index (χ1v) is 40.4. The minimum Gasteiger partial charge on any atom is -0.463 e. The van der Waals surface area contributed by atoms with Gasteiger partial charge in [0, 0.05) is 16.6 Å². The molecule has 20 fully saturated rings. The van der Waals surface area contributed by atoms with Gasteiger partial charge in [0.05, 0.1) is 98.2 Å². The zero-order valence-electron chi connectivity index (χ0n) is 60.5. The second-order valence-electron chi connectivity index (χ2n) is 36.9. The highest BCUT2D eigenvalue weighted by atomic mass is 16.6. The standard InChI is InChI=1S/C79H123N3O18/c1-51(92-4-9-98-72(85)80-77-33-58-18-59(34-77)20-60(19-58)35-77)44-89-46-68(94-6-10-99-73(86)81-78-36-61-21-62(37-78)23-63(22-61)38-78)48-91-50-69(95-7-11-100-74(87)82-79-39-64-24-65(40-79)26-66(25-64)41-79)49-90-47-67(93-5-8-97-71(84)43-76-30-55-15-56(31-76)17-57(16-55)32-76)45-88-2-3-96-70(83)42-75-27-52-12-53(28-75)14-54(13-52)29-75/h51-69H,2-50H2,1H3,(H,80,85)(H,81,86)(H,82,87). The maximum absolute atomic E-state index is 13.5. The van der Waals surface area contributed by atoms with Gasteiger partial charge in [-0.15, -0.1) is 0 Å². The van der Waals surface area contributed by atoms with Crippen molar-refractivity contribution in [1.82, 2.24) is 16.0 Å². The van der Waals surface area contributed by atoms with E-state index in [1.54, 1.807) is 0 Å². The first kappa shape index (κ1) is 72.0. The summed E-state index contributed by atoms with van der Waals surface area (Å²) in [5.74, 6) is 10.4. The van der Waals surface area contributed by atoms with Gasteiger partial charge >= 0.3 is 30.2 Å². The quantitative estimate of drug-likeness (QED) is 0.0293. The van der Waals surface area contributed by atoms with E-state index < -0.39 is 30.5 Å². The summed E-state index contributed by atoms with van der Waals surface area (Å²) < 4.78 is 79.4. The van der Waals surface area contributed by atoms with Crippen LogP contribution in [-0.2, 0) is 71.2 Å². The van der Waals surface area contributed by atoms with Crippen molar-refractivity contribution in [3.8, 4) is 0 Å². The molecular weight excluding hydrogens is 1280 g/mol. The van der Waals surface area contributed by atoms with Crippen LogP contribution in [0.5, 0.6) is 0 Å². The molecule has 3 amide bonds. The molecular formula is C79H123N3O18. The summed E-state index contributed by atoms with van der Waals surface area (Å²) in [6.45, 7) is 4.02. The van der Waals surface area contributed by atoms with Gasteiger partial charge in [-0.1, -0.05) is 0 Å². The largest absolute Gasteiger partial charge is 0.463 e. The molecule has 0 aromatic heterocycles. The normalized spacial score (nSPS) is 40.1. The van der Waals surface area contributed by atoms with Crippen LogP contribution in [-0.4, -0.2) is 184 Å². The third-order valence-electron chi connectivity index (χ3n) is 28.0. The molecule has 20 bridgehead atoms. The number of alkyl carbamates (subject to hydrolysis) is 3. The number of carbonyl (C=O) groups excluding carboxylic acids is 5. The Morgan fingerprint density at radius 1 is 0.280 bits per heavy atom. The molecule has 4 unspecified atom stereocenters. The molecule has 0 spiro atoms. The van der Waals surface area contributed by atoms with Gasteiger partial charge in [-0.3, -0.25) is 9.59 Å². The highest BCUT2D eigenvalue weighted by molar-refractivity contribution is 5.71. The molecule has 100 heavy (non-hydrogen) atoms. The third-order valence-corrected chi connectivity index (χ3v) is 28.0. The van der Waals surface area contributed by atoms with E-state index in [1.165, 1.54) is 96.3 Å². The number of carbonyl (C=O) groups is 5. The fourth-order valence-electron chi connectivity index (χ4n) is 26.7. The molecule has 0 aromatic rings. The molecule has 0 aromatic carbocycles. The van der Waals surface area contributed by atoms with Gasteiger partial charge in [-0.25, -0.2) is 14.4 Å². The van der Waals surface area contributed by atoms with Crippen molar-refractivity contribution < 1.29 is 85.6 Å². The molecule has 0 radical (unpaired) electrons. The molecule has 0 saturated heterocycles. The van der Waals surface area contributed by atoms with Crippen LogP contribution in [0.3, 0.4) is 0 Å². The van der Waals surface area contributed by atoms with Crippen molar-refractivity contribution in [1.29, 1.82) is 0 Å². The molecule has 20 rings (SSSR count). The number of amides is 3. The fraction of sp³-hybridized carbons (Fsp3) is 0.937. The lowest BCUT2D eigenvalue weighted by molar-refractivity contribution is -0.157. The van der Waals surface area contributed by atoms with Gasteiger partial charge in [0.15, 0.2) is 0 Å². The summed E-state index contributed by atoms with van der Waals surface area (Å²) in [7, 11) is 0. The van der Waals surface area contributed by atoms with Crippen molar-refractivity contribution in [3.63, 3.8) is 0 Å². The number of hydrogen-bond acceptors (Lipinski definition) is 18. The zero-order valence-corrected chi connectivity index (χ0v) is 60.5. The van der Waals surface area contributed by atoms with E-state index in [-0.39, 0.29) is 164 Å². The number of nitrogens with one attached hydrogen (secondary N) is 3. The lowest BCUT2D eigenvalue weighted by Gasteiger charge is -2.56. The average molecular weight is 1400 g/mol. The maximum atomic E-state index is 13.5. The van der Waals surface area contributed by atoms with E-state index in [2.05, 4.69) is 16.0 Å². The van der Waals surface area contributed by atoms with Crippen LogP contribution in [0.2, 0.25) is 0 Å². The van der Waals surface area contributed by atoms with Gasteiger partial charge in [0.2, 0.25) is 0 Å². The average Bonchev–Trinajstić information content (AvgIpc) is 0.784. The summed E-state index contributed by atoms with van der Waals surface area (Å²) >= 11 is 0. The number of rotatable bonds is 40. The van der Waals surface area contributed by atoms with Crippen LogP contribution in [0.4, 0.5) is 14.4 Å². The smallest absolute Gasteiger partial charge is 0.407 e. The number of hydrogen-bond donors (Lipinski definition) is 3. The predicted molar refractivity (Wildman–Crippen MR) is 366 cm³/mol. The second-order valence-corrected chi connectivity index (χ2v) is 36.9. The Bertz CT molecular complexity index is 2600. The summed E-state index contributed by atoms with van der Waals surface area (Å²) in [6.07, 6.45) is 33.3. The van der Waals surface area contributed by atoms with Crippen molar-refractivity contribution in [2.45, 2.75) is 253 Å². The van der Waals surface area contributed by atoms with Gasteiger partial charge < -0.3 is 77.5 Å². The Morgan fingerprint density at radius 3 is 0.800 bits per heavy atom. The Balaban J connectivity index is 0.543. The summed E-state index contributed by atoms with van der Waals surface area (Å²) in [5.41, 5.74) is -0.310. The molecule has 562 valence electrons. The second kappa shape index (κ2) is 31.9. The summed E-state index contributed by atoms with van der Waals surface area (Å²) in [4.78, 5) is 66.7. The maximum Gasteiger partial charge on any atom is 0.407 e. The van der Waals surface area contributed by atoms with Crippen molar-refractivity contribution >= 4 is 30.2 Å². The lowest BCUT2D eigenvalue weighted by Crippen LogP contribution is -2.60. The van der Waals surface area contributed by atoms with Crippen LogP contribution < -0.4 is 16.0 Å². The highest BCUT2D eigenvalue weighted by Gasteiger charge is 2.57. The number of ether oxygens (including phenoxy) is 13. The third kappa shape index (κ3) is 18.6. The SMILES string of the molecule is CC(COCC(COCC(COCC(COCCOC(=O)CC12CC3CC(CC(C3)C1)C2)OCCOC(=O)CC12CC3CC(CC(C3)C1)C2)OCCOC(=O)NC12CC3CC(CC(C3)C1)C2)OCCOC(=O)NC12CC3CC(CC(C3)C1)C2)OCCOC(=O)NC12CC3CC(CC(C3)C1)C2. The van der Waals surface area contributed by atoms with E-state index in [4.69, 9.17) is 61.6 Å². The van der Waals surface area contributed by atoms with Crippen LogP contribution in [0.15, 0.2) is 0 Å². The van der Waals surface area contributed by atoms with E-state index in [1.807, 2.05) is 6.92 Å². The Morgan fingerprint density at radius 2 is 0.510 bits per heavy atom. The molecule has 20 aliphatic rings. The van der Waals surface area contributed by atoms with Crippen molar-refractivity contribution in [2.75, 3.05) is 112 Å².